The van der Waals surface area contributed by atoms with E-state index in [1.54, 1.807) is 4.90 Å². The Labute approximate surface area is 118 Å². The maximum atomic E-state index is 12.5. The Hall–Kier alpha value is -1.91. The van der Waals surface area contributed by atoms with E-state index in [0.29, 0.717) is 18.7 Å². The first-order chi connectivity index (χ1) is 9.52. The van der Waals surface area contributed by atoms with Crippen LogP contribution >= 0.6 is 0 Å². The number of aromatic nitrogens is 1. The molecular formula is C15H20N2O3. The lowest BCUT2D eigenvalue weighted by molar-refractivity contribution is -0.146. The number of likely N-dealkylation sites (tertiary alicyclic amines) is 1. The van der Waals surface area contributed by atoms with Gasteiger partial charge in [-0.2, -0.15) is 0 Å². The van der Waals surface area contributed by atoms with Crippen molar-refractivity contribution in [3.05, 3.63) is 29.1 Å². The van der Waals surface area contributed by atoms with Crippen molar-refractivity contribution in [1.29, 1.82) is 0 Å². The van der Waals surface area contributed by atoms with E-state index >= 15 is 0 Å². The number of piperidine rings is 1. The number of carbonyl (C=O) groups is 2. The minimum Gasteiger partial charge on any atom is -0.469 e. The van der Waals surface area contributed by atoms with Gasteiger partial charge in [-0.1, -0.05) is 0 Å². The van der Waals surface area contributed by atoms with Gasteiger partial charge in [0.25, 0.3) is 5.91 Å². The maximum absolute atomic E-state index is 12.5. The molecule has 20 heavy (non-hydrogen) atoms. The Kier molecular flexibility index (Phi) is 4.37. The molecule has 0 radical (unpaired) electrons. The lowest BCUT2D eigenvalue weighted by Crippen LogP contribution is -2.42. The normalized spacial score (nSPS) is 18.8. The fourth-order valence-electron chi connectivity index (χ4n) is 2.60. The van der Waals surface area contributed by atoms with Crippen molar-refractivity contribution in [1.82, 2.24) is 9.88 Å². The van der Waals surface area contributed by atoms with E-state index in [-0.39, 0.29) is 17.8 Å². The van der Waals surface area contributed by atoms with E-state index in [4.69, 9.17) is 4.74 Å². The fourth-order valence-corrected chi connectivity index (χ4v) is 2.60. The molecule has 0 N–H and O–H groups in total. The first-order valence-corrected chi connectivity index (χ1v) is 6.84. The topological polar surface area (TPSA) is 59.5 Å². The van der Waals surface area contributed by atoms with Crippen molar-refractivity contribution in [3.63, 3.8) is 0 Å². The predicted octanol–water partition coefficient (Wildman–Crippen LogP) is 1.72. The molecule has 0 aromatic carbocycles. The highest BCUT2D eigenvalue weighted by molar-refractivity contribution is 5.95. The molecule has 1 amide bonds. The van der Waals surface area contributed by atoms with Gasteiger partial charge < -0.3 is 9.64 Å². The summed E-state index contributed by atoms with van der Waals surface area (Å²) in [7, 11) is 1.39. The van der Waals surface area contributed by atoms with E-state index in [2.05, 4.69) is 4.98 Å². The molecule has 1 fully saturated rings. The summed E-state index contributed by atoms with van der Waals surface area (Å²) < 4.78 is 4.77. The lowest BCUT2D eigenvalue weighted by Gasteiger charge is -2.31. The molecule has 1 unspecified atom stereocenters. The summed E-state index contributed by atoms with van der Waals surface area (Å²) >= 11 is 0. The minimum absolute atomic E-state index is 0.0522. The van der Waals surface area contributed by atoms with Crippen LogP contribution in [0.5, 0.6) is 0 Å². The second-order valence-corrected chi connectivity index (χ2v) is 5.20. The van der Waals surface area contributed by atoms with Gasteiger partial charge in [0, 0.05) is 18.8 Å². The van der Waals surface area contributed by atoms with E-state index < -0.39 is 0 Å². The summed E-state index contributed by atoms with van der Waals surface area (Å²) in [5.74, 6) is -0.499. The van der Waals surface area contributed by atoms with E-state index in [9.17, 15) is 9.59 Å². The van der Waals surface area contributed by atoms with Crippen LogP contribution in [0.4, 0.5) is 0 Å². The lowest BCUT2D eigenvalue weighted by atomic mass is 9.97. The van der Waals surface area contributed by atoms with Gasteiger partial charge in [0.05, 0.1) is 24.3 Å². The molecule has 1 aliphatic rings. The number of esters is 1. The molecule has 2 rings (SSSR count). The summed E-state index contributed by atoms with van der Waals surface area (Å²) in [6.07, 6.45) is 1.60. The Morgan fingerprint density at radius 1 is 1.35 bits per heavy atom. The van der Waals surface area contributed by atoms with Crippen LogP contribution in [-0.2, 0) is 9.53 Å². The fraction of sp³-hybridized carbons (Fsp3) is 0.533. The van der Waals surface area contributed by atoms with Gasteiger partial charge in [-0.25, -0.2) is 0 Å². The SMILES string of the molecule is COC(=O)C1CCCN(C(=O)c2ccc(C)nc2C)C1. The number of nitrogens with zero attached hydrogens (tertiary/aromatic N) is 2. The number of pyridine rings is 1. The molecule has 1 saturated heterocycles. The number of methoxy groups -OCH3 is 1. The van der Waals surface area contributed by atoms with Crippen LogP contribution in [-0.4, -0.2) is 42.0 Å². The van der Waals surface area contributed by atoms with Gasteiger partial charge in [0.15, 0.2) is 0 Å². The molecule has 0 bridgehead atoms. The van der Waals surface area contributed by atoms with Crippen LogP contribution in [0.25, 0.3) is 0 Å². The van der Waals surface area contributed by atoms with Crippen LogP contribution in [0.3, 0.4) is 0 Å². The molecule has 1 atom stereocenters. The molecule has 1 aliphatic heterocycles. The van der Waals surface area contributed by atoms with Gasteiger partial charge in [-0.05, 0) is 38.8 Å². The zero-order valence-electron chi connectivity index (χ0n) is 12.2. The number of rotatable bonds is 2. The maximum Gasteiger partial charge on any atom is 0.310 e. The number of hydrogen-bond donors (Lipinski definition) is 0. The van der Waals surface area contributed by atoms with Crippen molar-refractivity contribution < 1.29 is 14.3 Å². The quantitative estimate of drug-likeness (QED) is 0.772. The standard InChI is InChI=1S/C15H20N2O3/c1-10-6-7-13(11(2)16-10)14(18)17-8-4-5-12(9-17)15(19)20-3/h6-7,12H,4-5,8-9H2,1-3H3. The largest absolute Gasteiger partial charge is 0.469 e. The van der Waals surface area contributed by atoms with Gasteiger partial charge in [-0.15, -0.1) is 0 Å². The summed E-state index contributed by atoms with van der Waals surface area (Å²) in [5.41, 5.74) is 2.24. The molecule has 1 aromatic rings. The highest BCUT2D eigenvalue weighted by Gasteiger charge is 2.30. The molecule has 108 valence electrons. The van der Waals surface area contributed by atoms with Crippen LogP contribution in [0.2, 0.25) is 0 Å². The average molecular weight is 276 g/mol. The van der Waals surface area contributed by atoms with Gasteiger partial charge >= 0.3 is 5.97 Å². The second kappa shape index (κ2) is 6.03. The van der Waals surface area contributed by atoms with Crippen LogP contribution in [0.15, 0.2) is 12.1 Å². The van der Waals surface area contributed by atoms with Crippen LogP contribution < -0.4 is 0 Å². The smallest absolute Gasteiger partial charge is 0.310 e. The number of carbonyl (C=O) groups excluding carboxylic acids is 2. The Morgan fingerprint density at radius 3 is 2.75 bits per heavy atom. The summed E-state index contributed by atoms with van der Waals surface area (Å²) in [4.78, 5) is 30.2. The van der Waals surface area contributed by atoms with Crippen molar-refractivity contribution >= 4 is 11.9 Å². The first kappa shape index (κ1) is 14.5. The van der Waals surface area contributed by atoms with E-state index in [1.807, 2.05) is 26.0 Å². The van der Waals surface area contributed by atoms with Crippen molar-refractivity contribution in [2.24, 2.45) is 5.92 Å². The van der Waals surface area contributed by atoms with Gasteiger partial charge in [0.1, 0.15) is 0 Å². The number of aryl methyl sites for hydroxylation is 2. The van der Waals surface area contributed by atoms with Crippen molar-refractivity contribution in [2.45, 2.75) is 26.7 Å². The van der Waals surface area contributed by atoms with Gasteiger partial charge in [-0.3, -0.25) is 14.6 Å². The molecule has 1 aromatic heterocycles. The highest BCUT2D eigenvalue weighted by Crippen LogP contribution is 2.20. The molecule has 0 saturated carbocycles. The first-order valence-electron chi connectivity index (χ1n) is 6.84. The third-order valence-corrected chi connectivity index (χ3v) is 3.70. The zero-order chi connectivity index (χ0) is 14.7. The van der Waals surface area contributed by atoms with Crippen LogP contribution in [0, 0.1) is 19.8 Å². The van der Waals surface area contributed by atoms with E-state index in [0.717, 1.165) is 24.2 Å². The summed E-state index contributed by atoms with van der Waals surface area (Å²) in [5, 5.41) is 0. The molecular weight excluding hydrogens is 256 g/mol. The zero-order valence-corrected chi connectivity index (χ0v) is 12.2. The third-order valence-electron chi connectivity index (χ3n) is 3.70. The van der Waals surface area contributed by atoms with Crippen molar-refractivity contribution in [3.8, 4) is 0 Å². The molecule has 0 spiro atoms. The summed E-state index contributed by atoms with van der Waals surface area (Å²) in [6, 6.07) is 3.64. The number of ether oxygens (including phenoxy) is 1. The van der Waals surface area contributed by atoms with Gasteiger partial charge in [0.2, 0.25) is 0 Å². The van der Waals surface area contributed by atoms with E-state index in [1.165, 1.54) is 7.11 Å². The monoisotopic (exact) mass is 276 g/mol. The number of hydrogen-bond acceptors (Lipinski definition) is 4. The van der Waals surface area contributed by atoms with Crippen LogP contribution in [0.1, 0.15) is 34.6 Å². The third kappa shape index (κ3) is 2.98. The molecule has 5 nitrogen and oxygen atoms in total. The predicted molar refractivity (Wildman–Crippen MR) is 74.4 cm³/mol. The Balaban J connectivity index is 2.14. The molecule has 5 heteroatoms. The summed E-state index contributed by atoms with van der Waals surface area (Å²) in [6.45, 7) is 4.84. The molecule has 0 aliphatic carbocycles. The Morgan fingerprint density at radius 2 is 2.10 bits per heavy atom. The highest BCUT2D eigenvalue weighted by atomic mass is 16.5. The average Bonchev–Trinajstić information content (AvgIpc) is 2.46. The molecule has 2 heterocycles. The second-order valence-electron chi connectivity index (χ2n) is 5.20. The number of amides is 1. The Bertz CT molecular complexity index is 528. The van der Waals surface area contributed by atoms with Crippen molar-refractivity contribution in [2.75, 3.05) is 20.2 Å². The minimum atomic E-state index is -0.235.